The molecule has 1 aliphatic rings. The molecule has 2 rings (SSSR count). The Balaban J connectivity index is 2.38. The summed E-state index contributed by atoms with van der Waals surface area (Å²) >= 11 is 0. The fourth-order valence-corrected chi connectivity index (χ4v) is 1.83. The molecule has 1 heterocycles. The van der Waals surface area contributed by atoms with Crippen LogP contribution in [-0.2, 0) is 9.59 Å². The molecule has 0 saturated carbocycles. The van der Waals surface area contributed by atoms with Crippen LogP contribution in [0, 0.1) is 0 Å². The smallest absolute Gasteiger partial charge is 0.247 e. The van der Waals surface area contributed by atoms with E-state index in [9.17, 15) is 9.59 Å². The molecular weight excluding hydrogens is 236 g/mol. The molecule has 1 N–H and O–H groups in total. The summed E-state index contributed by atoms with van der Waals surface area (Å²) in [5, 5.41) is 2.74. The van der Waals surface area contributed by atoms with Crippen molar-refractivity contribution in [3.63, 3.8) is 0 Å². The molecule has 1 aromatic rings. The molecule has 0 radical (unpaired) electrons. The van der Waals surface area contributed by atoms with Gasteiger partial charge in [-0.05, 0) is 12.1 Å². The highest BCUT2D eigenvalue weighted by Crippen LogP contribution is 2.31. The van der Waals surface area contributed by atoms with Crippen LogP contribution in [0.15, 0.2) is 18.2 Å². The zero-order valence-corrected chi connectivity index (χ0v) is 10.2. The fourth-order valence-electron chi connectivity index (χ4n) is 1.83. The first-order valence-corrected chi connectivity index (χ1v) is 5.46. The molecular formula is C12H14N2O4. The number of hydrogen-bond donors (Lipinski definition) is 1. The van der Waals surface area contributed by atoms with Crippen LogP contribution in [0.5, 0.6) is 11.5 Å². The minimum Gasteiger partial charge on any atom is -0.493 e. The van der Waals surface area contributed by atoms with E-state index in [1.54, 1.807) is 18.2 Å². The lowest BCUT2D eigenvalue weighted by molar-refractivity contribution is -0.127. The number of methoxy groups -OCH3 is 2. The minimum absolute atomic E-state index is 0.153. The summed E-state index contributed by atoms with van der Waals surface area (Å²) in [7, 11) is 3.03. The third kappa shape index (κ3) is 2.14. The predicted octanol–water partition coefficient (Wildman–Crippen LogP) is 0.167. The number of nitrogens with one attached hydrogen (secondary N) is 1. The van der Waals surface area contributed by atoms with Gasteiger partial charge in [-0.2, -0.15) is 0 Å². The van der Waals surface area contributed by atoms with E-state index in [-0.39, 0.29) is 24.9 Å². The molecule has 1 aliphatic heterocycles. The average molecular weight is 250 g/mol. The average Bonchev–Trinajstić information content (AvgIpc) is 2.38. The second kappa shape index (κ2) is 5.05. The molecule has 0 unspecified atom stereocenters. The number of carbonyl (C=O) groups excluding carboxylic acids is 2. The van der Waals surface area contributed by atoms with Gasteiger partial charge in [0.2, 0.25) is 11.8 Å². The van der Waals surface area contributed by atoms with Gasteiger partial charge in [0.15, 0.2) is 11.5 Å². The van der Waals surface area contributed by atoms with Crippen LogP contribution in [0.2, 0.25) is 0 Å². The number of hydrogen-bond acceptors (Lipinski definition) is 5. The van der Waals surface area contributed by atoms with Crippen molar-refractivity contribution < 1.29 is 19.1 Å². The molecule has 0 atom stereocenters. The normalized spacial score (nSPS) is 15.8. The standard InChI is InChI=1S/C12H14N2O4/c1-17-9-4-3-8(5-10(9)18-2)14-11(15)6-13-7-12(14)16/h3-5,13H,6-7H2,1-2H3. The van der Waals surface area contributed by atoms with Gasteiger partial charge in [0.1, 0.15) is 0 Å². The molecule has 6 heteroatoms. The second-order valence-electron chi connectivity index (χ2n) is 3.77. The van der Waals surface area contributed by atoms with Crippen LogP contribution in [-0.4, -0.2) is 39.1 Å². The Bertz CT molecular complexity index is 471. The van der Waals surface area contributed by atoms with Crippen LogP contribution in [0.25, 0.3) is 0 Å². The van der Waals surface area contributed by atoms with Crippen LogP contribution < -0.4 is 19.7 Å². The fraction of sp³-hybridized carbons (Fsp3) is 0.333. The number of imide groups is 1. The van der Waals surface area contributed by atoms with Crippen molar-refractivity contribution in [3.8, 4) is 11.5 Å². The number of carbonyl (C=O) groups is 2. The Morgan fingerprint density at radius 1 is 1.06 bits per heavy atom. The lowest BCUT2D eigenvalue weighted by Gasteiger charge is -2.26. The highest BCUT2D eigenvalue weighted by atomic mass is 16.5. The summed E-state index contributed by atoms with van der Waals surface area (Å²) < 4.78 is 10.3. The summed E-state index contributed by atoms with van der Waals surface area (Å²) in [6, 6.07) is 4.93. The summed E-state index contributed by atoms with van der Waals surface area (Å²) in [6.45, 7) is 0.306. The Labute approximate surface area is 104 Å². The number of anilines is 1. The predicted molar refractivity (Wildman–Crippen MR) is 64.9 cm³/mol. The molecule has 0 bridgehead atoms. The first-order valence-electron chi connectivity index (χ1n) is 5.46. The van der Waals surface area contributed by atoms with Crippen molar-refractivity contribution in [1.29, 1.82) is 0 Å². The number of piperazine rings is 1. The van der Waals surface area contributed by atoms with E-state index in [2.05, 4.69) is 5.32 Å². The van der Waals surface area contributed by atoms with E-state index < -0.39 is 0 Å². The van der Waals surface area contributed by atoms with Gasteiger partial charge in [-0.15, -0.1) is 0 Å². The molecule has 96 valence electrons. The maximum atomic E-state index is 11.7. The maximum absolute atomic E-state index is 11.7. The van der Waals surface area contributed by atoms with Crippen molar-refractivity contribution in [2.45, 2.75) is 0 Å². The molecule has 1 aromatic carbocycles. The topological polar surface area (TPSA) is 67.9 Å². The molecule has 1 fully saturated rings. The van der Waals surface area contributed by atoms with Crippen molar-refractivity contribution in [3.05, 3.63) is 18.2 Å². The Morgan fingerprint density at radius 2 is 1.67 bits per heavy atom. The first kappa shape index (κ1) is 12.4. The van der Waals surface area contributed by atoms with E-state index >= 15 is 0 Å². The van der Waals surface area contributed by atoms with Crippen LogP contribution in [0.4, 0.5) is 5.69 Å². The van der Waals surface area contributed by atoms with Gasteiger partial charge >= 0.3 is 0 Å². The number of amides is 2. The van der Waals surface area contributed by atoms with Crippen molar-refractivity contribution in [2.24, 2.45) is 0 Å². The van der Waals surface area contributed by atoms with Crippen molar-refractivity contribution >= 4 is 17.5 Å². The van der Waals surface area contributed by atoms with Crippen LogP contribution in [0.3, 0.4) is 0 Å². The molecule has 0 aromatic heterocycles. The van der Waals surface area contributed by atoms with E-state index in [4.69, 9.17) is 9.47 Å². The van der Waals surface area contributed by atoms with Gasteiger partial charge < -0.3 is 9.47 Å². The monoisotopic (exact) mass is 250 g/mol. The Hall–Kier alpha value is -2.08. The number of rotatable bonds is 3. The van der Waals surface area contributed by atoms with E-state index in [0.717, 1.165) is 4.90 Å². The van der Waals surface area contributed by atoms with Gasteiger partial charge in [-0.1, -0.05) is 0 Å². The molecule has 1 saturated heterocycles. The summed E-state index contributed by atoms with van der Waals surface area (Å²) in [4.78, 5) is 24.6. The van der Waals surface area contributed by atoms with Gasteiger partial charge in [-0.3, -0.25) is 14.9 Å². The molecule has 0 aliphatic carbocycles. The molecule has 0 spiro atoms. The Morgan fingerprint density at radius 3 is 2.22 bits per heavy atom. The lowest BCUT2D eigenvalue weighted by Crippen LogP contribution is -2.52. The van der Waals surface area contributed by atoms with Crippen molar-refractivity contribution in [1.82, 2.24) is 5.32 Å². The molecule has 18 heavy (non-hydrogen) atoms. The van der Waals surface area contributed by atoms with Gasteiger partial charge in [0.05, 0.1) is 33.0 Å². The quantitative estimate of drug-likeness (QED) is 0.774. The van der Waals surface area contributed by atoms with Gasteiger partial charge in [0.25, 0.3) is 0 Å². The minimum atomic E-state index is -0.279. The highest BCUT2D eigenvalue weighted by Gasteiger charge is 2.27. The second-order valence-corrected chi connectivity index (χ2v) is 3.77. The third-order valence-corrected chi connectivity index (χ3v) is 2.68. The zero-order chi connectivity index (χ0) is 13.1. The van der Waals surface area contributed by atoms with E-state index in [1.165, 1.54) is 14.2 Å². The third-order valence-electron chi connectivity index (χ3n) is 2.68. The summed E-state index contributed by atoms with van der Waals surface area (Å²) in [5.41, 5.74) is 0.490. The largest absolute Gasteiger partial charge is 0.493 e. The first-order chi connectivity index (χ1) is 8.67. The Kier molecular flexibility index (Phi) is 3.47. The molecule has 2 amide bonds. The summed E-state index contributed by atoms with van der Waals surface area (Å²) in [5.74, 6) is 0.474. The van der Waals surface area contributed by atoms with Gasteiger partial charge in [0, 0.05) is 6.07 Å². The van der Waals surface area contributed by atoms with Gasteiger partial charge in [-0.25, -0.2) is 4.90 Å². The highest BCUT2D eigenvalue weighted by molar-refractivity contribution is 6.17. The molecule has 6 nitrogen and oxygen atoms in total. The van der Waals surface area contributed by atoms with Crippen molar-refractivity contribution in [2.75, 3.05) is 32.2 Å². The lowest BCUT2D eigenvalue weighted by atomic mass is 10.2. The zero-order valence-electron chi connectivity index (χ0n) is 10.2. The van der Waals surface area contributed by atoms with E-state index in [1.807, 2.05) is 0 Å². The number of benzene rings is 1. The summed E-state index contributed by atoms with van der Waals surface area (Å²) in [6.07, 6.45) is 0. The number of ether oxygens (including phenoxy) is 2. The maximum Gasteiger partial charge on any atom is 0.247 e. The van der Waals surface area contributed by atoms with Crippen LogP contribution >= 0.6 is 0 Å². The number of nitrogens with zero attached hydrogens (tertiary/aromatic N) is 1. The van der Waals surface area contributed by atoms with E-state index in [0.29, 0.717) is 17.2 Å². The SMILES string of the molecule is COc1ccc(N2C(=O)CNCC2=O)cc1OC. The van der Waals surface area contributed by atoms with Crippen LogP contribution in [0.1, 0.15) is 0 Å².